The fourth-order valence-electron chi connectivity index (χ4n) is 0. The molecule has 0 aliphatic rings. The van der Waals surface area contributed by atoms with Crippen molar-refractivity contribution < 1.29 is 27.6 Å². The van der Waals surface area contributed by atoms with Gasteiger partial charge in [0.15, 0.2) is 0 Å². The molecular weight excluding hydrogens is 138 g/mol. The van der Waals surface area contributed by atoms with Crippen molar-refractivity contribution in [2.24, 2.45) is 0 Å². The average molecular weight is 144 g/mol. The van der Waals surface area contributed by atoms with Gasteiger partial charge in [0.1, 0.15) is 0 Å². The first kappa shape index (κ1) is 54.3. The molecule has 0 aromatic carbocycles. The second-order valence-corrected chi connectivity index (χ2v) is 0.339. The molecule has 0 fully saturated rings. The minimum absolute atomic E-state index is 0. The summed E-state index contributed by atoms with van der Waals surface area (Å²) in [4.78, 5) is 0. The minimum atomic E-state index is -1.83. The van der Waals surface area contributed by atoms with E-state index in [4.69, 9.17) is 0 Å². The summed E-state index contributed by atoms with van der Waals surface area (Å²) in [5.74, 6) is 0. The van der Waals surface area contributed by atoms with Crippen LogP contribution in [0.1, 0.15) is 0 Å². The molecule has 0 spiro atoms. The van der Waals surface area contributed by atoms with Gasteiger partial charge in [-0.3, -0.25) is 18.8 Å². The summed E-state index contributed by atoms with van der Waals surface area (Å²) >= 11 is 0. The van der Waals surface area contributed by atoms with Crippen LogP contribution in [0.2, 0.25) is 0 Å². The van der Waals surface area contributed by atoms with E-state index in [9.17, 15) is 8.78 Å². The Kier molecular flexibility index (Phi) is 226. The summed E-state index contributed by atoms with van der Waals surface area (Å²) < 4.78 is 20.3. The molecule has 0 saturated heterocycles. The molecule has 8 heavy (non-hydrogen) atoms. The second-order valence-electron chi connectivity index (χ2n) is 0.339. The van der Waals surface area contributed by atoms with Crippen LogP contribution >= 0.6 is 0 Å². The van der Waals surface area contributed by atoms with E-state index in [0.29, 0.717) is 0 Å². The van der Waals surface area contributed by atoms with Crippen LogP contribution in [0, 0.1) is 0 Å². The SMILES string of the molecule is C=C(F)F.F.F.F.F. The summed E-state index contributed by atoms with van der Waals surface area (Å²) in [7, 11) is 0. The van der Waals surface area contributed by atoms with Crippen LogP contribution in [0.4, 0.5) is 27.6 Å². The Balaban J connectivity index is -0.00000000750. The quantitative estimate of drug-likeness (QED) is 0.456. The molecule has 0 aromatic rings. The molecule has 56 valence electrons. The summed E-state index contributed by atoms with van der Waals surface area (Å²) in [6.45, 7) is 2.22. The molecule has 0 nitrogen and oxygen atoms in total. The highest BCUT2D eigenvalue weighted by atomic mass is 19.3. The third-order valence-corrected chi connectivity index (χ3v) is 0. The Morgan fingerprint density at radius 3 is 0.875 bits per heavy atom. The first-order chi connectivity index (χ1) is 1.73. The van der Waals surface area contributed by atoms with Crippen molar-refractivity contribution in [1.29, 1.82) is 0 Å². The molecule has 0 saturated carbocycles. The Morgan fingerprint density at radius 1 is 0.875 bits per heavy atom. The Morgan fingerprint density at radius 2 is 0.875 bits per heavy atom. The summed E-state index contributed by atoms with van der Waals surface area (Å²) in [5.41, 5.74) is 0. The van der Waals surface area contributed by atoms with Gasteiger partial charge in [-0.05, 0) is 6.58 Å². The number of rotatable bonds is 0. The normalized spacial score (nSPS) is 3.25. The van der Waals surface area contributed by atoms with E-state index in [0.717, 1.165) is 0 Å². The first-order valence-electron chi connectivity index (χ1n) is 0.732. The Hall–Kier alpha value is -0.680. The fraction of sp³-hybridized carbons (Fsp3) is 0. The van der Waals surface area contributed by atoms with Crippen molar-refractivity contribution >= 4 is 0 Å². The van der Waals surface area contributed by atoms with Gasteiger partial charge in [0.25, 0.3) is 6.08 Å². The molecule has 0 rings (SSSR count). The number of hydrogen-bond acceptors (Lipinski definition) is 0. The van der Waals surface area contributed by atoms with Crippen LogP contribution in [-0.4, -0.2) is 0 Å². The molecule has 0 amide bonds. The highest BCUT2D eigenvalue weighted by Crippen LogP contribution is 1.85. The molecule has 0 aromatic heterocycles. The molecule has 6 heteroatoms. The van der Waals surface area contributed by atoms with Gasteiger partial charge >= 0.3 is 0 Å². The molecule has 0 unspecified atom stereocenters. The van der Waals surface area contributed by atoms with E-state index in [1.54, 1.807) is 0 Å². The van der Waals surface area contributed by atoms with Gasteiger partial charge in [-0.2, -0.15) is 8.78 Å². The lowest BCUT2D eigenvalue weighted by molar-refractivity contribution is 0.426. The summed E-state index contributed by atoms with van der Waals surface area (Å²) in [6.07, 6.45) is -1.83. The largest absolute Gasteiger partial charge is 0.269 e. The maximum Gasteiger partial charge on any atom is 0.263 e. The van der Waals surface area contributed by atoms with Gasteiger partial charge in [-0.25, -0.2) is 0 Å². The Bertz CT molecular complexity index is 29.5. The molecular formula is C2H6F6. The number of hydrogen-bond donors (Lipinski definition) is 0. The lowest BCUT2D eigenvalue weighted by Crippen LogP contribution is -1.33. The van der Waals surface area contributed by atoms with Crippen LogP contribution < -0.4 is 0 Å². The van der Waals surface area contributed by atoms with Gasteiger partial charge in [0.2, 0.25) is 0 Å². The first-order valence-corrected chi connectivity index (χ1v) is 0.732. The van der Waals surface area contributed by atoms with Gasteiger partial charge in [-0.1, -0.05) is 0 Å². The predicted molar refractivity (Wildman–Crippen MR) is 21.4 cm³/mol. The standard InChI is InChI=1S/C2H2F2.4FH/c1-2(3)4;;;;/h1H2;4*1H. The van der Waals surface area contributed by atoms with Crippen LogP contribution in [0.15, 0.2) is 12.7 Å². The summed E-state index contributed by atoms with van der Waals surface area (Å²) in [5, 5.41) is 0. The van der Waals surface area contributed by atoms with Crippen molar-refractivity contribution in [3.63, 3.8) is 0 Å². The monoisotopic (exact) mass is 144 g/mol. The van der Waals surface area contributed by atoms with Crippen molar-refractivity contribution in [2.75, 3.05) is 0 Å². The molecule has 0 N–H and O–H groups in total. The van der Waals surface area contributed by atoms with E-state index in [2.05, 4.69) is 6.58 Å². The van der Waals surface area contributed by atoms with Crippen LogP contribution in [-0.2, 0) is 0 Å². The maximum absolute atomic E-state index is 10.1. The van der Waals surface area contributed by atoms with Crippen molar-refractivity contribution in [1.82, 2.24) is 0 Å². The zero-order chi connectivity index (χ0) is 3.58. The van der Waals surface area contributed by atoms with Crippen molar-refractivity contribution in [3.05, 3.63) is 12.7 Å². The molecule has 0 bridgehead atoms. The van der Waals surface area contributed by atoms with Gasteiger partial charge in [0.05, 0.1) is 0 Å². The van der Waals surface area contributed by atoms with E-state index in [1.165, 1.54) is 0 Å². The molecule has 0 radical (unpaired) electrons. The topological polar surface area (TPSA) is 0 Å². The van der Waals surface area contributed by atoms with Crippen molar-refractivity contribution in [2.45, 2.75) is 0 Å². The average Bonchev–Trinajstić information content (AvgIpc) is 0.811. The van der Waals surface area contributed by atoms with Crippen LogP contribution in [0.5, 0.6) is 0 Å². The van der Waals surface area contributed by atoms with Crippen LogP contribution in [0.3, 0.4) is 0 Å². The highest BCUT2D eigenvalue weighted by molar-refractivity contribution is 4.57. The number of halogens is 6. The molecule has 0 aliphatic heterocycles. The zero-order valence-electron chi connectivity index (χ0n) is 3.60. The predicted octanol–water partition coefficient (Wildman–Crippen LogP) is 2.01. The summed E-state index contributed by atoms with van der Waals surface area (Å²) in [6, 6.07) is 0. The lowest BCUT2D eigenvalue weighted by atomic mass is 11.2. The smallest absolute Gasteiger partial charge is 0.263 e. The third-order valence-electron chi connectivity index (χ3n) is 0. The van der Waals surface area contributed by atoms with E-state index < -0.39 is 6.08 Å². The fourth-order valence-corrected chi connectivity index (χ4v) is 0. The minimum Gasteiger partial charge on any atom is -0.269 e. The van der Waals surface area contributed by atoms with Gasteiger partial charge in [0, 0.05) is 0 Å². The van der Waals surface area contributed by atoms with Gasteiger partial charge < -0.3 is 0 Å². The lowest BCUT2D eigenvalue weighted by Gasteiger charge is -1.54. The molecule has 0 atom stereocenters. The zero-order valence-corrected chi connectivity index (χ0v) is 3.60. The Labute approximate surface area is 41.7 Å². The van der Waals surface area contributed by atoms with Gasteiger partial charge in [-0.15, -0.1) is 0 Å². The maximum atomic E-state index is 10.1. The molecule has 0 heterocycles. The van der Waals surface area contributed by atoms with E-state index in [-0.39, 0.29) is 18.8 Å². The second kappa shape index (κ2) is 33.2. The molecule has 0 aliphatic carbocycles. The van der Waals surface area contributed by atoms with E-state index >= 15 is 0 Å². The van der Waals surface area contributed by atoms with Crippen molar-refractivity contribution in [3.8, 4) is 0 Å². The van der Waals surface area contributed by atoms with E-state index in [1.807, 2.05) is 0 Å². The highest BCUT2D eigenvalue weighted by Gasteiger charge is 1.65. The third kappa shape index (κ3) is 215. The van der Waals surface area contributed by atoms with Crippen LogP contribution in [0.25, 0.3) is 0 Å².